The van der Waals surface area contributed by atoms with Gasteiger partial charge in [0.1, 0.15) is 0 Å². The molecule has 0 atom stereocenters. The average Bonchev–Trinajstić information content (AvgIpc) is 3.13. The van der Waals surface area contributed by atoms with Crippen molar-refractivity contribution in [2.45, 2.75) is 58.3 Å². The number of aryl methyl sites for hydroxylation is 1. The maximum atomic E-state index is 9.50. The Morgan fingerprint density at radius 3 is 2.79 bits per heavy atom. The number of fused-ring (bicyclic) bond motifs is 1. The van der Waals surface area contributed by atoms with Gasteiger partial charge in [-0.25, -0.2) is 4.98 Å². The smallest absolute Gasteiger partial charge is 0.191 e. The van der Waals surface area contributed by atoms with Gasteiger partial charge in [-0.2, -0.15) is 0 Å². The summed E-state index contributed by atoms with van der Waals surface area (Å²) in [5.41, 5.74) is 1.29. The third kappa shape index (κ3) is 5.92. The van der Waals surface area contributed by atoms with Crippen molar-refractivity contribution in [3.63, 3.8) is 0 Å². The number of aliphatic hydroxyl groups is 1. The van der Waals surface area contributed by atoms with Gasteiger partial charge >= 0.3 is 0 Å². The van der Waals surface area contributed by atoms with E-state index in [1.54, 1.807) is 11.3 Å². The lowest BCUT2D eigenvalue weighted by Gasteiger charge is -2.35. The minimum Gasteiger partial charge on any atom is -0.396 e. The van der Waals surface area contributed by atoms with Crippen molar-refractivity contribution in [2.24, 2.45) is 10.4 Å². The van der Waals surface area contributed by atoms with Gasteiger partial charge in [0.25, 0.3) is 0 Å². The molecule has 1 saturated carbocycles. The number of thiazole rings is 1. The molecule has 5 nitrogen and oxygen atoms in total. The number of hydrogen-bond acceptors (Lipinski definition) is 4. The summed E-state index contributed by atoms with van der Waals surface area (Å²) in [5, 5.41) is 17.5. The third-order valence-corrected chi connectivity index (χ3v) is 6.77. The molecule has 1 fully saturated rings. The molecular formula is C22H34N4OS. The monoisotopic (exact) mass is 402 g/mol. The number of para-hydroxylation sites is 1. The van der Waals surface area contributed by atoms with Crippen LogP contribution >= 0.6 is 11.3 Å². The Morgan fingerprint density at radius 2 is 2.04 bits per heavy atom. The second kappa shape index (κ2) is 10.8. The molecule has 154 valence electrons. The van der Waals surface area contributed by atoms with Crippen LogP contribution in [0.2, 0.25) is 0 Å². The summed E-state index contributed by atoms with van der Waals surface area (Å²) in [7, 11) is 0. The zero-order chi connectivity index (χ0) is 19.7. The van der Waals surface area contributed by atoms with Gasteiger partial charge in [-0.15, -0.1) is 11.3 Å². The van der Waals surface area contributed by atoms with E-state index in [1.165, 1.54) is 41.8 Å². The van der Waals surface area contributed by atoms with E-state index in [-0.39, 0.29) is 12.0 Å². The van der Waals surface area contributed by atoms with Crippen molar-refractivity contribution in [3.05, 3.63) is 29.3 Å². The molecule has 1 aromatic carbocycles. The number of aromatic nitrogens is 1. The molecule has 0 spiro atoms. The van der Waals surface area contributed by atoms with Crippen molar-refractivity contribution in [1.29, 1.82) is 0 Å². The summed E-state index contributed by atoms with van der Waals surface area (Å²) in [6.07, 6.45) is 9.12. The molecule has 0 amide bonds. The predicted octanol–water partition coefficient (Wildman–Crippen LogP) is 4.12. The maximum Gasteiger partial charge on any atom is 0.191 e. The quantitative estimate of drug-likeness (QED) is 0.335. The van der Waals surface area contributed by atoms with Crippen LogP contribution in [0.1, 0.15) is 56.9 Å². The summed E-state index contributed by atoms with van der Waals surface area (Å²) in [6, 6.07) is 8.33. The SMILES string of the molecule is CCNC(=NCC1(CCO)CCCCC1)NCCCc1nc2ccccc2s1. The van der Waals surface area contributed by atoms with Crippen LogP contribution in [0.25, 0.3) is 10.2 Å². The summed E-state index contributed by atoms with van der Waals surface area (Å²) < 4.78 is 1.27. The highest BCUT2D eigenvalue weighted by molar-refractivity contribution is 7.18. The largest absolute Gasteiger partial charge is 0.396 e. The summed E-state index contributed by atoms with van der Waals surface area (Å²) in [6.45, 7) is 4.91. The lowest BCUT2D eigenvalue weighted by Crippen LogP contribution is -2.39. The van der Waals surface area contributed by atoms with Crippen molar-refractivity contribution in [3.8, 4) is 0 Å². The van der Waals surface area contributed by atoms with Crippen LogP contribution in [-0.2, 0) is 6.42 Å². The number of nitrogens with one attached hydrogen (secondary N) is 2. The molecule has 3 rings (SSSR count). The molecule has 0 saturated heterocycles. The van der Waals surface area contributed by atoms with Gasteiger partial charge in [-0.3, -0.25) is 4.99 Å². The Morgan fingerprint density at radius 1 is 1.21 bits per heavy atom. The number of guanidine groups is 1. The second-order valence-corrected chi connectivity index (χ2v) is 8.95. The van der Waals surface area contributed by atoms with Crippen LogP contribution in [-0.4, -0.2) is 42.3 Å². The number of rotatable bonds is 9. The second-order valence-electron chi connectivity index (χ2n) is 7.84. The summed E-state index contributed by atoms with van der Waals surface area (Å²) >= 11 is 1.79. The van der Waals surface area contributed by atoms with Gasteiger partial charge in [0.15, 0.2) is 5.96 Å². The van der Waals surface area contributed by atoms with E-state index in [9.17, 15) is 5.11 Å². The molecule has 28 heavy (non-hydrogen) atoms. The molecule has 0 unspecified atom stereocenters. The molecule has 0 bridgehead atoms. The molecule has 1 aliphatic rings. The van der Waals surface area contributed by atoms with Crippen molar-refractivity contribution < 1.29 is 5.11 Å². The van der Waals surface area contributed by atoms with Gasteiger partial charge < -0.3 is 15.7 Å². The van der Waals surface area contributed by atoms with Crippen LogP contribution in [0.15, 0.2) is 29.3 Å². The van der Waals surface area contributed by atoms with E-state index in [2.05, 4.69) is 35.8 Å². The van der Waals surface area contributed by atoms with Gasteiger partial charge in [-0.05, 0) is 50.2 Å². The van der Waals surface area contributed by atoms with E-state index in [0.29, 0.717) is 0 Å². The molecule has 0 aliphatic heterocycles. The van der Waals surface area contributed by atoms with Crippen LogP contribution in [0.5, 0.6) is 0 Å². The molecule has 0 radical (unpaired) electrons. The topological polar surface area (TPSA) is 69.5 Å². The van der Waals surface area contributed by atoms with Crippen molar-refractivity contribution in [2.75, 3.05) is 26.2 Å². The van der Waals surface area contributed by atoms with Crippen molar-refractivity contribution >= 4 is 27.5 Å². The molecule has 6 heteroatoms. The Bertz CT molecular complexity index is 713. The minimum absolute atomic E-state index is 0.191. The van der Waals surface area contributed by atoms with Crippen LogP contribution < -0.4 is 10.6 Å². The van der Waals surface area contributed by atoms with Gasteiger partial charge in [0, 0.05) is 32.7 Å². The number of aliphatic imine (C=N–C) groups is 1. The zero-order valence-corrected chi connectivity index (χ0v) is 17.9. The standard InChI is InChI=1S/C22H34N4OS/c1-2-23-21(25-17-22(14-16-27)12-6-3-7-13-22)24-15-8-11-20-26-18-9-4-5-10-19(18)28-20/h4-5,9-10,27H,2-3,6-8,11-17H2,1H3,(H2,23,24,25). The number of benzene rings is 1. The Hall–Kier alpha value is -1.66. The highest BCUT2D eigenvalue weighted by Crippen LogP contribution is 2.39. The number of hydrogen-bond donors (Lipinski definition) is 3. The van der Waals surface area contributed by atoms with Crippen molar-refractivity contribution in [1.82, 2.24) is 15.6 Å². The first-order valence-electron chi connectivity index (χ1n) is 10.7. The number of aliphatic hydroxyl groups excluding tert-OH is 1. The van der Waals surface area contributed by atoms with E-state index in [0.717, 1.165) is 50.4 Å². The Labute approximate surface area is 172 Å². The molecular weight excluding hydrogens is 368 g/mol. The average molecular weight is 403 g/mol. The molecule has 3 N–H and O–H groups in total. The first kappa shape index (κ1) is 21.1. The lowest BCUT2D eigenvalue weighted by molar-refractivity contribution is 0.137. The Balaban J connectivity index is 1.49. The number of nitrogens with zero attached hydrogens (tertiary/aromatic N) is 2. The van der Waals surface area contributed by atoms with Gasteiger partial charge in [0.2, 0.25) is 0 Å². The van der Waals surface area contributed by atoms with Gasteiger partial charge in [0.05, 0.1) is 15.2 Å². The van der Waals surface area contributed by atoms with E-state index in [4.69, 9.17) is 9.98 Å². The lowest BCUT2D eigenvalue weighted by atomic mass is 9.72. The zero-order valence-electron chi connectivity index (χ0n) is 17.0. The first-order chi connectivity index (χ1) is 13.7. The highest BCUT2D eigenvalue weighted by atomic mass is 32.1. The fraction of sp³-hybridized carbons (Fsp3) is 0.636. The molecule has 2 aromatic rings. The van der Waals surface area contributed by atoms with Crippen LogP contribution in [0.3, 0.4) is 0 Å². The van der Waals surface area contributed by atoms with E-state index in [1.807, 2.05) is 6.07 Å². The minimum atomic E-state index is 0.191. The normalized spacial score (nSPS) is 17.0. The molecule has 1 aromatic heterocycles. The Kier molecular flexibility index (Phi) is 8.10. The first-order valence-corrected chi connectivity index (χ1v) is 11.5. The van der Waals surface area contributed by atoms with E-state index >= 15 is 0 Å². The fourth-order valence-electron chi connectivity index (χ4n) is 4.09. The summed E-state index contributed by atoms with van der Waals surface area (Å²) in [5.74, 6) is 0.898. The van der Waals surface area contributed by atoms with Crippen LogP contribution in [0.4, 0.5) is 0 Å². The van der Waals surface area contributed by atoms with Crippen LogP contribution in [0, 0.1) is 5.41 Å². The fourth-order valence-corrected chi connectivity index (χ4v) is 5.10. The highest BCUT2D eigenvalue weighted by Gasteiger charge is 2.31. The van der Waals surface area contributed by atoms with E-state index < -0.39 is 0 Å². The maximum absolute atomic E-state index is 9.50. The molecule has 1 heterocycles. The predicted molar refractivity (Wildman–Crippen MR) is 119 cm³/mol. The molecule has 1 aliphatic carbocycles. The third-order valence-electron chi connectivity index (χ3n) is 5.67. The van der Waals surface area contributed by atoms with Gasteiger partial charge in [-0.1, -0.05) is 31.4 Å². The summed E-state index contributed by atoms with van der Waals surface area (Å²) in [4.78, 5) is 9.59.